The molecule has 1 saturated heterocycles. The van der Waals surface area contributed by atoms with Crippen LogP contribution in [-0.2, 0) is 9.53 Å². The molecule has 1 aliphatic heterocycles. The molecule has 0 bridgehead atoms. The Hall–Kier alpha value is -0.650. The van der Waals surface area contributed by atoms with E-state index in [1.165, 1.54) is 0 Å². The van der Waals surface area contributed by atoms with Crippen LogP contribution in [-0.4, -0.2) is 41.0 Å². The monoisotopic (exact) mass is 175 g/mol. The van der Waals surface area contributed by atoms with Crippen LogP contribution in [0.5, 0.6) is 0 Å². The molecule has 1 atom stereocenters. The maximum absolute atomic E-state index is 10.6. The fraction of sp³-hybridized carbons (Fsp3) is 0.857. The van der Waals surface area contributed by atoms with Crippen molar-refractivity contribution in [2.45, 2.75) is 24.5 Å². The average Bonchev–Trinajstić information content (AvgIpc) is 2.04. The topological polar surface area (TPSA) is 92.8 Å². The predicted octanol–water partition coefficient (Wildman–Crippen LogP) is -1.63. The van der Waals surface area contributed by atoms with Crippen molar-refractivity contribution in [2.24, 2.45) is 5.73 Å². The first-order valence-corrected chi connectivity index (χ1v) is 3.84. The summed E-state index contributed by atoms with van der Waals surface area (Å²) in [6, 6.07) is 0. The van der Waals surface area contributed by atoms with Gasteiger partial charge in [-0.15, -0.1) is 0 Å². The Balaban J connectivity index is 2.62. The molecule has 1 amide bonds. The van der Waals surface area contributed by atoms with E-state index >= 15 is 0 Å². The fourth-order valence-electron chi connectivity index (χ4n) is 1.26. The molecule has 1 rings (SSSR count). The molecule has 4 N–H and O–H groups in total. The molecule has 0 saturated carbocycles. The molecule has 0 aromatic heterocycles. The van der Waals surface area contributed by atoms with Crippen molar-refractivity contribution < 1.29 is 19.7 Å². The quantitative estimate of drug-likeness (QED) is 0.470. The Morgan fingerprint density at radius 2 is 2.00 bits per heavy atom. The van der Waals surface area contributed by atoms with Gasteiger partial charge in [0.2, 0.25) is 5.91 Å². The van der Waals surface area contributed by atoms with Gasteiger partial charge in [0.15, 0.2) is 6.10 Å². The maximum Gasteiger partial charge on any atom is 0.249 e. The second-order valence-corrected chi connectivity index (χ2v) is 3.02. The van der Waals surface area contributed by atoms with E-state index in [1.807, 2.05) is 0 Å². The Kier molecular flexibility index (Phi) is 2.66. The first-order valence-electron chi connectivity index (χ1n) is 3.84. The third-order valence-corrected chi connectivity index (χ3v) is 2.14. The first-order chi connectivity index (χ1) is 5.56. The molecule has 0 aromatic carbocycles. The third kappa shape index (κ3) is 1.74. The van der Waals surface area contributed by atoms with Crippen molar-refractivity contribution in [1.29, 1.82) is 0 Å². The normalized spacial score (nSPS) is 24.8. The standard InChI is InChI=1S/C7H13NO4/c8-6(10)5(9)7(11)1-3-12-4-2-7/h5,9,11H,1-4H2,(H2,8,10). The summed E-state index contributed by atoms with van der Waals surface area (Å²) < 4.78 is 4.97. The summed E-state index contributed by atoms with van der Waals surface area (Å²) in [6.45, 7) is 0.696. The van der Waals surface area contributed by atoms with Gasteiger partial charge in [-0.1, -0.05) is 0 Å². The lowest BCUT2D eigenvalue weighted by atomic mass is 9.88. The van der Waals surface area contributed by atoms with Gasteiger partial charge in [0.25, 0.3) is 0 Å². The van der Waals surface area contributed by atoms with Crippen LogP contribution in [0, 0.1) is 0 Å². The minimum atomic E-state index is -1.48. The molecule has 5 nitrogen and oxygen atoms in total. The van der Waals surface area contributed by atoms with Gasteiger partial charge in [-0.2, -0.15) is 0 Å². The molecule has 0 spiro atoms. The Morgan fingerprint density at radius 1 is 1.50 bits per heavy atom. The van der Waals surface area contributed by atoms with Gasteiger partial charge in [-0.05, 0) is 0 Å². The van der Waals surface area contributed by atoms with Crippen LogP contribution in [0.4, 0.5) is 0 Å². The average molecular weight is 175 g/mol. The van der Waals surface area contributed by atoms with Crippen LogP contribution >= 0.6 is 0 Å². The van der Waals surface area contributed by atoms with E-state index in [9.17, 15) is 15.0 Å². The summed E-state index contributed by atoms with van der Waals surface area (Å²) in [5.41, 5.74) is 3.48. The molecule has 1 unspecified atom stereocenters. The van der Waals surface area contributed by atoms with Gasteiger partial charge in [0.1, 0.15) is 5.60 Å². The van der Waals surface area contributed by atoms with Gasteiger partial charge >= 0.3 is 0 Å². The van der Waals surface area contributed by atoms with Crippen molar-refractivity contribution in [2.75, 3.05) is 13.2 Å². The van der Waals surface area contributed by atoms with Crippen molar-refractivity contribution in [1.82, 2.24) is 0 Å². The number of rotatable bonds is 2. The van der Waals surface area contributed by atoms with E-state index in [-0.39, 0.29) is 12.8 Å². The number of primary amides is 1. The largest absolute Gasteiger partial charge is 0.386 e. The lowest BCUT2D eigenvalue weighted by Crippen LogP contribution is -2.52. The van der Waals surface area contributed by atoms with Crippen molar-refractivity contribution in [3.8, 4) is 0 Å². The van der Waals surface area contributed by atoms with Crippen LogP contribution in [0.3, 0.4) is 0 Å². The van der Waals surface area contributed by atoms with Crippen LogP contribution in [0.1, 0.15) is 12.8 Å². The zero-order chi connectivity index (χ0) is 9.19. The lowest BCUT2D eigenvalue weighted by molar-refractivity contribution is -0.156. The number of carbonyl (C=O) groups excluding carboxylic acids is 1. The summed E-state index contributed by atoms with van der Waals surface area (Å²) in [5.74, 6) is -0.889. The minimum Gasteiger partial charge on any atom is -0.386 e. The minimum absolute atomic E-state index is 0.247. The lowest BCUT2D eigenvalue weighted by Gasteiger charge is -2.34. The van der Waals surface area contributed by atoms with Crippen LogP contribution in [0.2, 0.25) is 0 Å². The molecular formula is C7H13NO4. The zero-order valence-electron chi connectivity index (χ0n) is 6.69. The zero-order valence-corrected chi connectivity index (χ0v) is 6.69. The van der Waals surface area contributed by atoms with Crippen LogP contribution in [0.15, 0.2) is 0 Å². The number of hydrogen-bond acceptors (Lipinski definition) is 4. The van der Waals surface area contributed by atoms with Gasteiger partial charge in [0, 0.05) is 26.1 Å². The van der Waals surface area contributed by atoms with E-state index < -0.39 is 17.6 Å². The molecule has 0 radical (unpaired) electrons. The number of amides is 1. The van der Waals surface area contributed by atoms with Crippen molar-refractivity contribution in [3.05, 3.63) is 0 Å². The molecule has 1 heterocycles. The smallest absolute Gasteiger partial charge is 0.249 e. The number of hydrogen-bond donors (Lipinski definition) is 3. The van der Waals surface area contributed by atoms with Crippen LogP contribution in [0.25, 0.3) is 0 Å². The summed E-state index contributed by atoms with van der Waals surface area (Å²) >= 11 is 0. The fourth-order valence-corrected chi connectivity index (χ4v) is 1.26. The molecule has 5 heteroatoms. The summed E-state index contributed by atoms with van der Waals surface area (Å²) in [6.07, 6.45) is -0.991. The number of aliphatic hydroxyl groups excluding tert-OH is 1. The molecule has 1 fully saturated rings. The third-order valence-electron chi connectivity index (χ3n) is 2.14. The van der Waals surface area contributed by atoms with Crippen LogP contribution < -0.4 is 5.73 Å². The van der Waals surface area contributed by atoms with E-state index in [4.69, 9.17) is 10.5 Å². The second kappa shape index (κ2) is 3.38. The Labute approximate surface area is 70.1 Å². The molecule has 0 aliphatic carbocycles. The van der Waals surface area contributed by atoms with E-state index in [0.717, 1.165) is 0 Å². The Bertz CT molecular complexity index is 176. The highest BCUT2D eigenvalue weighted by atomic mass is 16.5. The summed E-state index contributed by atoms with van der Waals surface area (Å²) in [4.78, 5) is 10.6. The second-order valence-electron chi connectivity index (χ2n) is 3.02. The molecule has 1 aliphatic rings. The highest BCUT2D eigenvalue weighted by Crippen LogP contribution is 2.23. The first kappa shape index (κ1) is 9.44. The van der Waals surface area contributed by atoms with Crippen molar-refractivity contribution >= 4 is 5.91 Å². The number of aliphatic hydroxyl groups is 2. The predicted molar refractivity (Wildman–Crippen MR) is 40.2 cm³/mol. The molecule has 12 heavy (non-hydrogen) atoms. The number of carbonyl (C=O) groups is 1. The maximum atomic E-state index is 10.6. The van der Waals surface area contributed by atoms with Gasteiger partial charge < -0.3 is 20.7 Å². The Morgan fingerprint density at radius 3 is 2.42 bits per heavy atom. The number of ether oxygens (including phenoxy) is 1. The van der Waals surface area contributed by atoms with Gasteiger partial charge in [-0.25, -0.2) is 0 Å². The van der Waals surface area contributed by atoms with E-state index in [1.54, 1.807) is 0 Å². The van der Waals surface area contributed by atoms with Gasteiger partial charge in [-0.3, -0.25) is 4.79 Å². The summed E-state index contributed by atoms with van der Waals surface area (Å²) in [5, 5.41) is 18.9. The molecule has 70 valence electrons. The number of nitrogens with two attached hydrogens (primary N) is 1. The van der Waals surface area contributed by atoms with Crippen molar-refractivity contribution in [3.63, 3.8) is 0 Å². The SMILES string of the molecule is NC(=O)C(O)C1(O)CCOCC1. The molecular weight excluding hydrogens is 162 g/mol. The van der Waals surface area contributed by atoms with E-state index in [0.29, 0.717) is 13.2 Å². The molecule has 0 aromatic rings. The highest BCUT2D eigenvalue weighted by molar-refractivity contribution is 5.79. The summed E-state index contributed by atoms with van der Waals surface area (Å²) in [7, 11) is 0. The van der Waals surface area contributed by atoms with E-state index in [2.05, 4.69) is 0 Å². The van der Waals surface area contributed by atoms with Gasteiger partial charge in [0.05, 0.1) is 0 Å². The highest BCUT2D eigenvalue weighted by Gasteiger charge is 2.40.